The largest absolute Gasteiger partial charge is 0.472 e. The maximum atomic E-state index is 13.5. The fraction of sp³-hybridized carbons (Fsp3) is 0.500. The van der Waals surface area contributed by atoms with Crippen molar-refractivity contribution in [3.63, 3.8) is 0 Å². The minimum atomic E-state index is -3.94. The summed E-state index contributed by atoms with van der Waals surface area (Å²) in [4.78, 5) is 37.1. The van der Waals surface area contributed by atoms with Crippen molar-refractivity contribution >= 4 is 25.3 Å². The lowest BCUT2D eigenvalue weighted by molar-refractivity contribution is -0.125. The number of benzene rings is 2. The number of phosphoric acid groups is 1. The summed E-state index contributed by atoms with van der Waals surface area (Å²) in [5, 5.41) is 11.6. The summed E-state index contributed by atoms with van der Waals surface area (Å²) in [6.45, 7) is 10.8. The molecule has 0 spiro atoms. The number of phosphoric ester groups is 1. The van der Waals surface area contributed by atoms with Crippen LogP contribution < -0.4 is 10.2 Å². The summed E-state index contributed by atoms with van der Waals surface area (Å²) in [6.07, 6.45) is 3.18. The number of amides is 2. The topological polar surface area (TPSA) is 136 Å². The Morgan fingerprint density at radius 2 is 1.61 bits per heavy atom. The zero-order valence-electron chi connectivity index (χ0n) is 26.9. The standard InChI is InChI=1S/C28H36N5O6P.2C2H6.H2/c1-3-38-40(36,37)39-19-11-5-4-10-18-29-25(34)16-17-26(35)33-20-21-12-6-7-13-22(21)28-27(30-31-32(28)2)23-14-8-9-15-24(23)33;2*1-2;/h6-9,12-15H,3-5,10-11,16-20H2,1-2H3,(H,29,34)(H,36,37);2*1-2H3;1H. The van der Waals surface area contributed by atoms with E-state index in [-0.39, 0.29) is 39.3 Å². The number of hydrogen-bond acceptors (Lipinski definition) is 7. The van der Waals surface area contributed by atoms with Gasteiger partial charge in [-0.15, -0.1) is 5.10 Å². The number of fused-ring (bicyclic) bond motifs is 5. The van der Waals surface area contributed by atoms with E-state index in [1.807, 2.05) is 83.3 Å². The van der Waals surface area contributed by atoms with Gasteiger partial charge in [0.2, 0.25) is 11.8 Å². The highest BCUT2D eigenvalue weighted by atomic mass is 31.2. The molecule has 1 unspecified atom stereocenters. The smallest absolute Gasteiger partial charge is 0.356 e. The summed E-state index contributed by atoms with van der Waals surface area (Å²) in [6, 6.07) is 15.6. The average Bonchev–Trinajstić information content (AvgIpc) is 3.41. The first kappa shape index (κ1) is 36.8. The SMILES string of the molecule is CC.CC.CCOP(=O)(O)OCCCCCCNC(=O)CCC(=O)N1Cc2ccccc2-c2c(nnn2C)-c2ccccc21.[HH]. The molecule has 1 aliphatic heterocycles. The third-order valence-electron chi connectivity index (χ3n) is 6.68. The van der Waals surface area contributed by atoms with E-state index < -0.39 is 7.82 Å². The van der Waals surface area contributed by atoms with Gasteiger partial charge in [0, 0.05) is 39.0 Å². The third kappa shape index (κ3) is 10.4. The first-order valence-electron chi connectivity index (χ1n) is 15.6. The van der Waals surface area contributed by atoms with E-state index in [1.165, 1.54) is 0 Å². The van der Waals surface area contributed by atoms with Crippen molar-refractivity contribution in [2.24, 2.45) is 7.05 Å². The molecule has 3 aromatic rings. The number of nitrogens with zero attached hydrogens (tertiary/aromatic N) is 4. The molecule has 0 saturated carbocycles. The number of aryl methyl sites for hydroxylation is 1. The van der Waals surface area contributed by atoms with Gasteiger partial charge in [-0.2, -0.15) is 0 Å². The Bertz CT molecular complexity index is 1390. The summed E-state index contributed by atoms with van der Waals surface area (Å²) in [5.74, 6) is -0.315. The van der Waals surface area contributed by atoms with Gasteiger partial charge in [0.05, 0.1) is 31.1 Å². The van der Waals surface area contributed by atoms with Crippen molar-refractivity contribution in [2.45, 2.75) is 79.7 Å². The minimum absolute atomic E-state index is 0. The van der Waals surface area contributed by atoms with Gasteiger partial charge in [0.15, 0.2) is 0 Å². The van der Waals surface area contributed by atoms with Crippen LogP contribution in [0.3, 0.4) is 0 Å². The first-order valence-corrected chi connectivity index (χ1v) is 17.1. The van der Waals surface area contributed by atoms with Crippen LogP contribution in [0.25, 0.3) is 22.5 Å². The van der Waals surface area contributed by atoms with Crippen LogP contribution >= 0.6 is 7.82 Å². The molecule has 1 aliphatic rings. The summed E-state index contributed by atoms with van der Waals surface area (Å²) in [5.41, 5.74) is 5.13. The normalized spacial score (nSPS) is 12.8. The average molecular weight is 632 g/mol. The fourth-order valence-electron chi connectivity index (χ4n) is 4.75. The molecular formula is C32H50N5O6P. The second-order valence-corrected chi connectivity index (χ2v) is 11.0. The number of unbranched alkanes of at least 4 members (excludes halogenated alkanes) is 3. The lowest BCUT2D eigenvalue weighted by Gasteiger charge is -2.28. The molecule has 0 radical (unpaired) electrons. The predicted octanol–water partition coefficient (Wildman–Crippen LogP) is 6.90. The Kier molecular flexibility index (Phi) is 16.0. The summed E-state index contributed by atoms with van der Waals surface area (Å²) in [7, 11) is -2.08. The van der Waals surface area contributed by atoms with Crippen molar-refractivity contribution in [1.29, 1.82) is 0 Å². The molecule has 2 N–H and O–H groups in total. The molecule has 2 aromatic carbocycles. The number of anilines is 1. The molecule has 4 rings (SSSR count). The molecule has 1 atom stereocenters. The second-order valence-electron chi connectivity index (χ2n) is 9.55. The zero-order valence-corrected chi connectivity index (χ0v) is 27.8. The lowest BCUT2D eigenvalue weighted by atomic mass is 9.95. The quantitative estimate of drug-likeness (QED) is 0.154. The predicted molar refractivity (Wildman–Crippen MR) is 176 cm³/mol. The minimum Gasteiger partial charge on any atom is -0.356 e. The van der Waals surface area contributed by atoms with E-state index in [9.17, 15) is 19.0 Å². The Hall–Kier alpha value is -3.37. The Labute approximate surface area is 263 Å². The summed E-state index contributed by atoms with van der Waals surface area (Å²) < 4.78 is 22.7. The van der Waals surface area contributed by atoms with E-state index >= 15 is 0 Å². The molecule has 11 nitrogen and oxygen atoms in total. The van der Waals surface area contributed by atoms with E-state index in [2.05, 4.69) is 20.2 Å². The Morgan fingerprint density at radius 1 is 0.955 bits per heavy atom. The third-order valence-corrected chi connectivity index (χ3v) is 7.78. The molecule has 0 saturated heterocycles. The molecular weight excluding hydrogens is 581 g/mol. The van der Waals surface area contributed by atoms with Gasteiger partial charge in [-0.05, 0) is 31.4 Å². The number of hydrogen-bond donors (Lipinski definition) is 2. The van der Waals surface area contributed by atoms with Gasteiger partial charge in [-0.25, -0.2) is 9.25 Å². The molecule has 44 heavy (non-hydrogen) atoms. The lowest BCUT2D eigenvalue weighted by Crippen LogP contribution is -2.33. The van der Waals surface area contributed by atoms with Crippen molar-refractivity contribution in [2.75, 3.05) is 24.7 Å². The number of aromatic nitrogens is 3. The van der Waals surface area contributed by atoms with Crippen molar-refractivity contribution in [1.82, 2.24) is 20.3 Å². The molecule has 2 amide bonds. The van der Waals surface area contributed by atoms with Crippen molar-refractivity contribution in [3.8, 4) is 22.5 Å². The Balaban J connectivity index is 0.00000195. The van der Waals surface area contributed by atoms with Crippen LogP contribution in [-0.2, 0) is 36.8 Å². The second kappa shape index (κ2) is 19.1. The maximum absolute atomic E-state index is 13.5. The molecule has 244 valence electrons. The van der Waals surface area contributed by atoms with Gasteiger partial charge in [-0.3, -0.25) is 18.6 Å². The first-order chi connectivity index (χ1) is 21.3. The number of carbonyl (C=O) groups excluding carboxylic acids is 2. The van der Waals surface area contributed by atoms with E-state index in [0.717, 1.165) is 47.3 Å². The van der Waals surface area contributed by atoms with E-state index in [4.69, 9.17) is 4.52 Å². The molecule has 1 aromatic heterocycles. The molecule has 0 aliphatic carbocycles. The number of para-hydroxylation sites is 1. The van der Waals surface area contributed by atoms with Gasteiger partial charge in [0.25, 0.3) is 0 Å². The molecule has 0 fully saturated rings. The highest BCUT2D eigenvalue weighted by molar-refractivity contribution is 7.47. The maximum Gasteiger partial charge on any atom is 0.472 e. The zero-order chi connectivity index (χ0) is 32.5. The van der Waals surface area contributed by atoms with Gasteiger partial charge in [0.1, 0.15) is 5.69 Å². The van der Waals surface area contributed by atoms with Crippen LogP contribution in [0.15, 0.2) is 48.5 Å². The monoisotopic (exact) mass is 631 g/mol. The van der Waals surface area contributed by atoms with E-state index in [1.54, 1.807) is 16.5 Å². The molecule has 12 heteroatoms. The van der Waals surface area contributed by atoms with Crippen LogP contribution in [-0.4, -0.2) is 51.5 Å². The Morgan fingerprint density at radius 3 is 2.34 bits per heavy atom. The van der Waals surface area contributed by atoms with Crippen LogP contribution in [0.5, 0.6) is 0 Å². The summed E-state index contributed by atoms with van der Waals surface area (Å²) >= 11 is 0. The van der Waals surface area contributed by atoms with Crippen LogP contribution in [0.1, 0.15) is 80.1 Å². The van der Waals surface area contributed by atoms with Crippen LogP contribution in [0, 0.1) is 0 Å². The van der Waals surface area contributed by atoms with Crippen molar-refractivity contribution < 1.29 is 29.5 Å². The van der Waals surface area contributed by atoms with Gasteiger partial charge in [-0.1, -0.05) is 88.2 Å². The van der Waals surface area contributed by atoms with Crippen LogP contribution in [0.4, 0.5) is 5.69 Å². The highest BCUT2D eigenvalue weighted by Gasteiger charge is 2.28. The van der Waals surface area contributed by atoms with Gasteiger partial charge >= 0.3 is 7.82 Å². The number of nitrogens with one attached hydrogen (secondary N) is 1. The fourth-order valence-corrected chi connectivity index (χ4v) is 5.51. The van der Waals surface area contributed by atoms with Crippen molar-refractivity contribution in [3.05, 3.63) is 54.1 Å². The molecule has 0 bridgehead atoms. The van der Waals surface area contributed by atoms with Gasteiger partial charge < -0.3 is 15.1 Å². The highest BCUT2D eigenvalue weighted by Crippen LogP contribution is 2.43. The van der Waals surface area contributed by atoms with Crippen LogP contribution in [0.2, 0.25) is 0 Å². The molecule has 2 heterocycles. The number of carbonyl (C=O) groups is 2. The number of rotatable bonds is 13. The van der Waals surface area contributed by atoms with E-state index in [0.29, 0.717) is 25.2 Å².